The molecule has 1 aromatic rings. The molecule has 0 saturated heterocycles. The van der Waals surface area contributed by atoms with Crippen LogP contribution < -0.4 is 4.74 Å². The van der Waals surface area contributed by atoms with Gasteiger partial charge < -0.3 is 19.4 Å². The van der Waals surface area contributed by atoms with Crippen molar-refractivity contribution in [3.63, 3.8) is 0 Å². The average Bonchev–Trinajstić information content (AvgIpc) is 2.37. The fraction of sp³-hybridized carbons (Fsp3) is 0.500. The molecule has 1 rings (SSSR count). The minimum atomic E-state index is -0.454. The summed E-state index contributed by atoms with van der Waals surface area (Å²) in [5.41, 5.74) is 1.65. The van der Waals surface area contributed by atoms with Crippen LogP contribution in [-0.2, 0) is 22.6 Å². The van der Waals surface area contributed by atoms with Gasteiger partial charge in [-0.25, -0.2) is 0 Å². The first-order valence-electron chi connectivity index (χ1n) is 5.98. The molecule has 0 amide bonds. The summed E-state index contributed by atoms with van der Waals surface area (Å²) < 4.78 is 10.6. The van der Waals surface area contributed by atoms with Crippen LogP contribution in [0, 0.1) is 0 Å². The molecule has 0 bridgehead atoms. The Kier molecular flexibility index (Phi) is 5.82. The third-order valence-electron chi connectivity index (χ3n) is 2.55. The summed E-state index contributed by atoms with van der Waals surface area (Å²) in [6.07, 6.45) is 0.863. The Labute approximate surface area is 108 Å². The van der Waals surface area contributed by atoms with E-state index in [2.05, 4.69) is 0 Å². The summed E-state index contributed by atoms with van der Waals surface area (Å²) in [5.74, 6) is 0.647. The molecule has 0 aromatic heterocycles. The van der Waals surface area contributed by atoms with Gasteiger partial charge in [-0.05, 0) is 31.5 Å². The van der Waals surface area contributed by atoms with Crippen molar-refractivity contribution in [2.24, 2.45) is 0 Å². The first-order valence-corrected chi connectivity index (χ1v) is 5.98. The summed E-state index contributed by atoms with van der Waals surface area (Å²) in [6, 6.07) is 5.50. The average molecular weight is 252 g/mol. The van der Waals surface area contributed by atoms with Gasteiger partial charge in [0.1, 0.15) is 18.1 Å². The molecule has 0 radical (unpaired) electrons. The fourth-order valence-corrected chi connectivity index (χ4v) is 1.79. The molecule has 0 aliphatic heterocycles. The van der Waals surface area contributed by atoms with Gasteiger partial charge in [0.2, 0.25) is 0 Å². The zero-order valence-corrected chi connectivity index (χ0v) is 11.1. The molecule has 1 N–H and O–H groups in total. The molecule has 100 valence electrons. The Morgan fingerprint density at radius 3 is 2.61 bits per heavy atom. The van der Waals surface area contributed by atoms with Gasteiger partial charge in [0.05, 0.1) is 19.8 Å². The van der Waals surface area contributed by atoms with Crippen molar-refractivity contribution in [1.29, 1.82) is 0 Å². The fourth-order valence-electron chi connectivity index (χ4n) is 1.79. The predicted molar refractivity (Wildman–Crippen MR) is 68.7 cm³/mol. The van der Waals surface area contributed by atoms with E-state index in [1.54, 1.807) is 13.2 Å². The molecular weight excluding hydrogens is 232 g/mol. The highest BCUT2D eigenvalue weighted by atomic mass is 16.5. The number of rotatable bonds is 7. The quantitative estimate of drug-likeness (QED) is 0.751. The summed E-state index contributed by atoms with van der Waals surface area (Å²) >= 11 is 0. The number of aldehydes is 1. The minimum absolute atomic E-state index is 0.00996. The predicted octanol–water partition coefficient (Wildman–Crippen LogP) is 1.72. The zero-order chi connectivity index (χ0) is 13.5. The monoisotopic (exact) mass is 252 g/mol. The lowest BCUT2D eigenvalue weighted by molar-refractivity contribution is -0.120. The van der Waals surface area contributed by atoms with Gasteiger partial charge in [0, 0.05) is 12.0 Å². The maximum atomic E-state index is 10.9. The summed E-state index contributed by atoms with van der Waals surface area (Å²) in [4.78, 5) is 10.9. The maximum absolute atomic E-state index is 10.9. The second kappa shape index (κ2) is 7.13. The van der Waals surface area contributed by atoms with Crippen molar-refractivity contribution >= 4 is 6.29 Å². The van der Waals surface area contributed by atoms with Crippen LogP contribution in [0.25, 0.3) is 0 Å². The smallest absolute Gasteiger partial charge is 0.149 e. The lowest BCUT2D eigenvalue weighted by Crippen LogP contribution is -2.21. The number of carbonyl (C=O) groups excluding carboxylic acids is 1. The van der Waals surface area contributed by atoms with Crippen LogP contribution >= 0.6 is 0 Å². The Morgan fingerprint density at radius 1 is 1.39 bits per heavy atom. The van der Waals surface area contributed by atoms with Crippen molar-refractivity contribution < 1.29 is 19.4 Å². The van der Waals surface area contributed by atoms with Crippen LogP contribution in [0.2, 0.25) is 0 Å². The third-order valence-corrected chi connectivity index (χ3v) is 2.55. The van der Waals surface area contributed by atoms with E-state index in [9.17, 15) is 9.90 Å². The van der Waals surface area contributed by atoms with E-state index in [1.165, 1.54) is 0 Å². The van der Waals surface area contributed by atoms with Crippen LogP contribution in [0.1, 0.15) is 25.0 Å². The van der Waals surface area contributed by atoms with Gasteiger partial charge in [-0.1, -0.05) is 6.07 Å². The standard InChI is InChI=1S/C14H20O4/c1-10(2)18-13(9-16)7-11-4-5-14(17-3)12(6-11)8-15/h4-6,9-10,13,15H,7-8H2,1-3H3. The van der Waals surface area contributed by atoms with Crippen molar-refractivity contribution in [3.05, 3.63) is 29.3 Å². The molecule has 0 heterocycles. The molecule has 4 nitrogen and oxygen atoms in total. The van der Waals surface area contributed by atoms with Crippen LogP contribution in [-0.4, -0.2) is 30.7 Å². The Morgan fingerprint density at radius 2 is 2.11 bits per heavy atom. The lowest BCUT2D eigenvalue weighted by Gasteiger charge is -2.16. The van der Waals surface area contributed by atoms with Crippen LogP contribution in [0.15, 0.2) is 18.2 Å². The highest BCUT2D eigenvalue weighted by Crippen LogP contribution is 2.21. The third kappa shape index (κ3) is 4.13. The van der Waals surface area contributed by atoms with E-state index in [-0.39, 0.29) is 12.7 Å². The van der Waals surface area contributed by atoms with E-state index in [0.717, 1.165) is 11.8 Å². The minimum Gasteiger partial charge on any atom is -0.496 e. The number of aliphatic hydroxyl groups is 1. The zero-order valence-electron chi connectivity index (χ0n) is 11.1. The Balaban J connectivity index is 2.80. The van der Waals surface area contributed by atoms with E-state index >= 15 is 0 Å². The SMILES string of the molecule is COc1ccc(CC(C=O)OC(C)C)cc1CO. The molecule has 0 fully saturated rings. The summed E-state index contributed by atoms with van der Waals surface area (Å²) in [7, 11) is 1.56. The molecule has 1 unspecified atom stereocenters. The molecule has 1 aromatic carbocycles. The van der Waals surface area contributed by atoms with Gasteiger partial charge >= 0.3 is 0 Å². The molecule has 1 atom stereocenters. The van der Waals surface area contributed by atoms with E-state index in [1.807, 2.05) is 26.0 Å². The van der Waals surface area contributed by atoms with Crippen molar-refractivity contribution in [1.82, 2.24) is 0 Å². The van der Waals surface area contributed by atoms with Gasteiger partial charge in [-0.3, -0.25) is 0 Å². The number of hydrogen-bond acceptors (Lipinski definition) is 4. The van der Waals surface area contributed by atoms with Gasteiger partial charge in [0.25, 0.3) is 0 Å². The van der Waals surface area contributed by atoms with Crippen LogP contribution in [0.4, 0.5) is 0 Å². The number of methoxy groups -OCH3 is 1. The molecule has 0 saturated carbocycles. The Hall–Kier alpha value is -1.39. The second-order valence-corrected chi connectivity index (χ2v) is 4.37. The summed E-state index contributed by atoms with van der Waals surface area (Å²) in [5, 5.41) is 9.23. The van der Waals surface area contributed by atoms with Gasteiger partial charge in [0.15, 0.2) is 0 Å². The molecule has 0 aliphatic rings. The molecule has 18 heavy (non-hydrogen) atoms. The number of ether oxygens (including phenoxy) is 2. The largest absolute Gasteiger partial charge is 0.496 e. The second-order valence-electron chi connectivity index (χ2n) is 4.37. The maximum Gasteiger partial charge on any atom is 0.149 e. The number of aliphatic hydroxyl groups excluding tert-OH is 1. The molecule has 0 aliphatic carbocycles. The molecule has 4 heteroatoms. The van der Waals surface area contributed by atoms with E-state index in [0.29, 0.717) is 17.7 Å². The van der Waals surface area contributed by atoms with Crippen molar-refractivity contribution in [3.8, 4) is 5.75 Å². The van der Waals surface area contributed by atoms with E-state index < -0.39 is 6.10 Å². The van der Waals surface area contributed by atoms with Gasteiger partial charge in [-0.2, -0.15) is 0 Å². The first-order chi connectivity index (χ1) is 8.60. The lowest BCUT2D eigenvalue weighted by atomic mass is 10.0. The van der Waals surface area contributed by atoms with Crippen LogP contribution in [0.5, 0.6) is 5.75 Å². The van der Waals surface area contributed by atoms with Crippen LogP contribution in [0.3, 0.4) is 0 Å². The topological polar surface area (TPSA) is 55.8 Å². The van der Waals surface area contributed by atoms with Gasteiger partial charge in [-0.15, -0.1) is 0 Å². The normalized spacial score (nSPS) is 12.5. The highest BCUT2D eigenvalue weighted by molar-refractivity contribution is 5.57. The highest BCUT2D eigenvalue weighted by Gasteiger charge is 2.12. The first kappa shape index (κ1) is 14.7. The molecule has 0 spiro atoms. The number of hydrogen-bond donors (Lipinski definition) is 1. The number of benzene rings is 1. The Bertz CT molecular complexity index is 387. The summed E-state index contributed by atoms with van der Waals surface area (Å²) in [6.45, 7) is 3.70. The molecular formula is C14H20O4. The van der Waals surface area contributed by atoms with Crippen molar-refractivity contribution in [2.75, 3.05) is 7.11 Å². The number of carbonyl (C=O) groups is 1. The van der Waals surface area contributed by atoms with E-state index in [4.69, 9.17) is 9.47 Å². The van der Waals surface area contributed by atoms with Crippen molar-refractivity contribution in [2.45, 2.75) is 39.1 Å².